The van der Waals surface area contributed by atoms with Crippen molar-refractivity contribution in [3.63, 3.8) is 0 Å². The zero-order valence-corrected chi connectivity index (χ0v) is 15.2. The molecule has 0 bridgehead atoms. The SMILES string of the molecule is CC.CN.Fc1ccc2c(c1)CC(CCS)c1ccccc1C2. The fourth-order valence-electron chi connectivity index (χ4n) is 3.04. The van der Waals surface area contributed by atoms with Crippen LogP contribution in [0.2, 0.25) is 0 Å². The summed E-state index contributed by atoms with van der Waals surface area (Å²) >= 11 is 4.37. The summed E-state index contributed by atoms with van der Waals surface area (Å²) < 4.78 is 13.5. The minimum absolute atomic E-state index is 0.130. The molecule has 0 radical (unpaired) electrons. The van der Waals surface area contributed by atoms with Gasteiger partial charge in [-0.05, 0) is 72.4 Å². The van der Waals surface area contributed by atoms with Gasteiger partial charge < -0.3 is 5.73 Å². The standard InChI is InChI=1S/C17H17FS.C2H6.CH5N/c18-16-6-5-12-9-13-3-1-2-4-17(13)14(7-8-19)10-15(12)11-16;2*1-2/h1-6,11,14,19H,7-10H2;1-2H3;2H2,1H3. The van der Waals surface area contributed by atoms with Crippen LogP contribution < -0.4 is 5.73 Å². The van der Waals surface area contributed by atoms with Gasteiger partial charge in [-0.3, -0.25) is 0 Å². The topological polar surface area (TPSA) is 26.0 Å². The van der Waals surface area contributed by atoms with E-state index in [2.05, 4.69) is 42.6 Å². The van der Waals surface area contributed by atoms with Gasteiger partial charge in [-0.1, -0.05) is 44.2 Å². The number of nitrogens with two attached hydrogens (primary N) is 1. The highest BCUT2D eigenvalue weighted by atomic mass is 32.1. The predicted octanol–water partition coefficient (Wildman–Crippen LogP) is 4.98. The molecule has 0 aromatic heterocycles. The minimum atomic E-state index is -0.130. The van der Waals surface area contributed by atoms with Gasteiger partial charge in [0.2, 0.25) is 0 Å². The van der Waals surface area contributed by atoms with Crippen LogP contribution in [0.5, 0.6) is 0 Å². The van der Waals surface area contributed by atoms with Crippen LogP contribution >= 0.6 is 12.6 Å². The first-order valence-electron chi connectivity index (χ1n) is 8.31. The van der Waals surface area contributed by atoms with Crippen LogP contribution in [0.4, 0.5) is 4.39 Å². The molecular weight excluding hydrogens is 305 g/mol. The van der Waals surface area contributed by atoms with E-state index in [1.807, 2.05) is 19.9 Å². The lowest BCUT2D eigenvalue weighted by molar-refractivity contribution is 0.618. The van der Waals surface area contributed by atoms with E-state index in [0.717, 1.165) is 30.6 Å². The highest BCUT2D eigenvalue weighted by Gasteiger charge is 2.21. The summed E-state index contributed by atoms with van der Waals surface area (Å²) in [7, 11) is 1.50. The number of benzene rings is 2. The maximum Gasteiger partial charge on any atom is 0.123 e. The molecule has 2 aromatic rings. The van der Waals surface area contributed by atoms with Gasteiger partial charge in [-0.2, -0.15) is 12.6 Å². The second-order valence-corrected chi connectivity index (χ2v) is 5.65. The molecule has 3 heteroatoms. The average Bonchev–Trinajstić information content (AvgIpc) is 2.75. The van der Waals surface area contributed by atoms with E-state index in [1.165, 1.54) is 23.7 Å². The first kappa shape index (κ1) is 19.7. The zero-order valence-electron chi connectivity index (χ0n) is 14.3. The van der Waals surface area contributed by atoms with E-state index >= 15 is 0 Å². The zero-order chi connectivity index (χ0) is 17.2. The lowest BCUT2D eigenvalue weighted by atomic mass is 9.89. The van der Waals surface area contributed by atoms with Crippen LogP contribution in [0.25, 0.3) is 0 Å². The Morgan fingerprint density at radius 1 is 1.04 bits per heavy atom. The first-order valence-corrected chi connectivity index (χ1v) is 8.95. The molecule has 1 atom stereocenters. The molecule has 23 heavy (non-hydrogen) atoms. The molecule has 1 aliphatic carbocycles. The molecule has 0 amide bonds. The van der Waals surface area contributed by atoms with Crippen molar-refractivity contribution in [3.05, 3.63) is 70.5 Å². The number of fused-ring (bicyclic) bond motifs is 2. The Bertz CT molecular complexity index is 598. The molecule has 0 heterocycles. The van der Waals surface area contributed by atoms with E-state index in [4.69, 9.17) is 0 Å². The van der Waals surface area contributed by atoms with Gasteiger partial charge in [0, 0.05) is 0 Å². The van der Waals surface area contributed by atoms with Crippen molar-refractivity contribution in [1.29, 1.82) is 0 Å². The maximum atomic E-state index is 13.5. The summed E-state index contributed by atoms with van der Waals surface area (Å²) in [6, 6.07) is 13.8. The van der Waals surface area contributed by atoms with Crippen LogP contribution in [0.3, 0.4) is 0 Å². The minimum Gasteiger partial charge on any atom is -0.333 e. The Kier molecular flexibility index (Phi) is 8.97. The highest BCUT2D eigenvalue weighted by Crippen LogP contribution is 2.34. The second kappa shape index (κ2) is 10.5. The van der Waals surface area contributed by atoms with Gasteiger partial charge in [0.05, 0.1) is 0 Å². The fourth-order valence-corrected chi connectivity index (χ4v) is 3.36. The van der Waals surface area contributed by atoms with Crippen molar-refractivity contribution in [2.75, 3.05) is 12.8 Å². The molecule has 1 aliphatic rings. The van der Waals surface area contributed by atoms with E-state index in [0.29, 0.717) is 5.92 Å². The summed E-state index contributed by atoms with van der Waals surface area (Å²) in [6.45, 7) is 4.00. The Morgan fingerprint density at radius 2 is 1.74 bits per heavy atom. The molecule has 2 aromatic carbocycles. The predicted molar refractivity (Wildman–Crippen MR) is 102 cm³/mol. The maximum absolute atomic E-state index is 13.5. The summed E-state index contributed by atoms with van der Waals surface area (Å²) in [6.07, 6.45) is 2.87. The Balaban J connectivity index is 0.000000615. The van der Waals surface area contributed by atoms with Gasteiger partial charge in [-0.15, -0.1) is 0 Å². The van der Waals surface area contributed by atoms with E-state index in [9.17, 15) is 4.39 Å². The molecule has 126 valence electrons. The van der Waals surface area contributed by atoms with Crippen LogP contribution in [0, 0.1) is 5.82 Å². The van der Waals surface area contributed by atoms with Crippen LogP contribution in [-0.4, -0.2) is 12.8 Å². The van der Waals surface area contributed by atoms with Crippen molar-refractivity contribution in [1.82, 2.24) is 0 Å². The van der Waals surface area contributed by atoms with E-state index < -0.39 is 0 Å². The summed E-state index contributed by atoms with van der Waals surface area (Å²) in [5, 5.41) is 0. The highest BCUT2D eigenvalue weighted by molar-refractivity contribution is 7.80. The Labute approximate surface area is 145 Å². The number of thiol groups is 1. The smallest absolute Gasteiger partial charge is 0.123 e. The Morgan fingerprint density at radius 3 is 2.43 bits per heavy atom. The third-order valence-corrected chi connectivity index (χ3v) is 4.25. The lowest BCUT2D eigenvalue weighted by Gasteiger charge is -2.16. The van der Waals surface area contributed by atoms with Gasteiger partial charge in [0.25, 0.3) is 0 Å². The molecule has 0 spiro atoms. The number of halogens is 1. The fraction of sp³-hybridized carbons (Fsp3) is 0.400. The molecule has 0 saturated heterocycles. The summed E-state index contributed by atoms with van der Waals surface area (Å²) in [5.41, 5.74) is 9.70. The van der Waals surface area contributed by atoms with Crippen molar-refractivity contribution in [2.45, 2.75) is 39.0 Å². The van der Waals surface area contributed by atoms with Crippen molar-refractivity contribution < 1.29 is 4.39 Å². The third-order valence-electron chi connectivity index (χ3n) is 3.99. The summed E-state index contributed by atoms with van der Waals surface area (Å²) in [4.78, 5) is 0. The number of hydrogen-bond acceptors (Lipinski definition) is 2. The molecular formula is C20H28FNS. The Hall–Kier alpha value is -1.32. The van der Waals surface area contributed by atoms with E-state index in [1.54, 1.807) is 12.1 Å². The van der Waals surface area contributed by atoms with Crippen molar-refractivity contribution in [3.8, 4) is 0 Å². The second-order valence-electron chi connectivity index (χ2n) is 5.20. The largest absolute Gasteiger partial charge is 0.333 e. The van der Waals surface area contributed by atoms with Crippen LogP contribution in [-0.2, 0) is 12.8 Å². The third kappa shape index (κ3) is 5.08. The van der Waals surface area contributed by atoms with Gasteiger partial charge in [-0.25, -0.2) is 4.39 Å². The molecule has 0 saturated carbocycles. The quantitative estimate of drug-likeness (QED) is 0.745. The molecule has 1 unspecified atom stereocenters. The molecule has 0 fully saturated rings. The average molecular weight is 334 g/mol. The normalized spacial score (nSPS) is 15.0. The van der Waals surface area contributed by atoms with E-state index in [-0.39, 0.29) is 5.82 Å². The van der Waals surface area contributed by atoms with Crippen LogP contribution in [0.15, 0.2) is 42.5 Å². The van der Waals surface area contributed by atoms with Crippen molar-refractivity contribution >= 4 is 12.6 Å². The van der Waals surface area contributed by atoms with Crippen LogP contribution in [0.1, 0.15) is 48.4 Å². The van der Waals surface area contributed by atoms with Crippen molar-refractivity contribution in [2.24, 2.45) is 5.73 Å². The number of rotatable bonds is 2. The monoisotopic (exact) mass is 333 g/mol. The lowest BCUT2D eigenvalue weighted by Crippen LogP contribution is -2.04. The van der Waals surface area contributed by atoms with Gasteiger partial charge in [0.1, 0.15) is 5.82 Å². The first-order chi connectivity index (χ1) is 11.3. The van der Waals surface area contributed by atoms with Gasteiger partial charge in [0.15, 0.2) is 0 Å². The molecule has 3 rings (SSSR count). The number of hydrogen-bond donors (Lipinski definition) is 2. The molecule has 1 nitrogen and oxygen atoms in total. The van der Waals surface area contributed by atoms with Gasteiger partial charge >= 0.3 is 0 Å². The summed E-state index contributed by atoms with van der Waals surface area (Å²) in [5.74, 6) is 1.19. The molecule has 2 N–H and O–H groups in total. The molecule has 0 aliphatic heterocycles.